The molecule has 1 aliphatic rings. The predicted molar refractivity (Wildman–Crippen MR) is 146 cm³/mol. The van der Waals surface area contributed by atoms with Gasteiger partial charge in [0.2, 0.25) is 0 Å². The third-order valence-electron chi connectivity index (χ3n) is 8.04. The lowest BCUT2D eigenvalue weighted by Crippen LogP contribution is -2.30. The summed E-state index contributed by atoms with van der Waals surface area (Å²) in [5.41, 5.74) is 6.48. The topological polar surface area (TPSA) is 51.2 Å². The normalized spacial score (nSPS) is 17.7. The number of aryl methyl sites for hydroxylation is 2. The van der Waals surface area contributed by atoms with Crippen LogP contribution in [0.5, 0.6) is 0 Å². The van der Waals surface area contributed by atoms with Crippen LogP contribution in [-0.2, 0) is 28.9 Å². The van der Waals surface area contributed by atoms with Crippen molar-refractivity contribution in [2.75, 3.05) is 0 Å². The van der Waals surface area contributed by atoms with Crippen molar-refractivity contribution in [3.05, 3.63) is 33.9 Å². The highest BCUT2D eigenvalue weighted by atomic mass is 16.1. The molecule has 3 unspecified atom stereocenters. The average molecular weight is 483 g/mol. The van der Waals surface area contributed by atoms with Gasteiger partial charge in [0.25, 0.3) is 0 Å². The zero-order valence-electron chi connectivity index (χ0n) is 23.8. The van der Waals surface area contributed by atoms with Gasteiger partial charge in [-0.15, -0.1) is 0 Å². The summed E-state index contributed by atoms with van der Waals surface area (Å²) in [6, 6.07) is 2.38. The molecule has 0 heterocycles. The molecule has 196 valence electrons. The molecule has 0 aliphatic heterocycles. The summed E-state index contributed by atoms with van der Waals surface area (Å²) in [7, 11) is 0. The molecule has 0 saturated heterocycles. The molecule has 0 radical (unpaired) electrons. The van der Waals surface area contributed by atoms with Gasteiger partial charge in [0.05, 0.1) is 6.42 Å². The highest BCUT2D eigenvalue weighted by Crippen LogP contribution is 2.39. The van der Waals surface area contributed by atoms with Gasteiger partial charge in [0, 0.05) is 17.9 Å². The second-order valence-electron chi connectivity index (χ2n) is 12.3. The van der Waals surface area contributed by atoms with Gasteiger partial charge in [-0.3, -0.25) is 14.4 Å². The first-order valence-corrected chi connectivity index (χ1v) is 14.1. The van der Waals surface area contributed by atoms with Crippen LogP contribution in [0.4, 0.5) is 0 Å². The molecular weight excluding hydrogens is 432 g/mol. The number of hydrogen-bond acceptors (Lipinski definition) is 3. The molecule has 0 N–H and O–H groups in total. The Balaban J connectivity index is 2.28. The van der Waals surface area contributed by atoms with Crippen LogP contribution in [0.25, 0.3) is 0 Å². The smallest absolute Gasteiger partial charge is 0.163 e. The van der Waals surface area contributed by atoms with Gasteiger partial charge < -0.3 is 0 Å². The highest BCUT2D eigenvalue weighted by Gasteiger charge is 2.34. The first-order valence-electron chi connectivity index (χ1n) is 14.1. The van der Waals surface area contributed by atoms with Crippen LogP contribution in [0.1, 0.15) is 132 Å². The number of rotatable bonds is 13. The van der Waals surface area contributed by atoms with Crippen molar-refractivity contribution in [1.29, 1.82) is 0 Å². The van der Waals surface area contributed by atoms with Crippen LogP contribution in [0, 0.1) is 30.1 Å². The van der Waals surface area contributed by atoms with Crippen LogP contribution in [0.15, 0.2) is 6.07 Å². The Bertz CT molecular complexity index is 902. The SMILES string of the molecule is CCCC(CC1CC(=O)c2c(C)c(CCCC(C)(C)C)cc(CC)c2C1)C(CC)C(=O)CC(C)=O. The van der Waals surface area contributed by atoms with Crippen molar-refractivity contribution >= 4 is 17.3 Å². The minimum atomic E-state index is -0.0760. The lowest BCUT2D eigenvalue weighted by Gasteiger charge is -2.33. The summed E-state index contributed by atoms with van der Waals surface area (Å²) in [5, 5.41) is 0. The maximum absolute atomic E-state index is 13.5. The average Bonchev–Trinajstić information content (AvgIpc) is 2.74. The number of Topliss-reactive ketones (excluding diaryl/α,β-unsaturated/α-hetero) is 3. The number of carbonyl (C=O) groups is 3. The quantitative estimate of drug-likeness (QED) is 0.267. The maximum atomic E-state index is 13.5. The summed E-state index contributed by atoms with van der Waals surface area (Å²) >= 11 is 0. The largest absolute Gasteiger partial charge is 0.300 e. The molecule has 0 saturated carbocycles. The Labute approximate surface area is 214 Å². The molecule has 0 amide bonds. The molecule has 0 bridgehead atoms. The monoisotopic (exact) mass is 482 g/mol. The third kappa shape index (κ3) is 8.12. The van der Waals surface area contributed by atoms with Crippen molar-refractivity contribution in [3.8, 4) is 0 Å². The number of fused-ring (bicyclic) bond motifs is 1. The van der Waals surface area contributed by atoms with E-state index in [9.17, 15) is 14.4 Å². The van der Waals surface area contributed by atoms with E-state index in [1.165, 1.54) is 35.6 Å². The maximum Gasteiger partial charge on any atom is 0.163 e. The number of ketones is 3. The molecule has 0 spiro atoms. The van der Waals surface area contributed by atoms with Crippen LogP contribution >= 0.6 is 0 Å². The third-order valence-corrected chi connectivity index (χ3v) is 8.04. The molecule has 0 fully saturated rings. The molecule has 2 rings (SSSR count). The number of hydrogen-bond donors (Lipinski definition) is 0. The van der Waals surface area contributed by atoms with Crippen molar-refractivity contribution in [2.45, 2.75) is 126 Å². The molecule has 1 aromatic carbocycles. The summed E-state index contributed by atoms with van der Waals surface area (Å²) in [6.07, 6.45) is 9.54. The van der Waals surface area contributed by atoms with Gasteiger partial charge in [-0.05, 0) is 98.3 Å². The summed E-state index contributed by atoms with van der Waals surface area (Å²) in [4.78, 5) is 38.0. The fourth-order valence-electron chi connectivity index (χ4n) is 6.32. The second-order valence-corrected chi connectivity index (χ2v) is 12.3. The van der Waals surface area contributed by atoms with Crippen molar-refractivity contribution in [2.24, 2.45) is 23.2 Å². The van der Waals surface area contributed by atoms with Gasteiger partial charge >= 0.3 is 0 Å². The highest BCUT2D eigenvalue weighted by molar-refractivity contribution is 6.01. The van der Waals surface area contributed by atoms with E-state index in [0.29, 0.717) is 17.6 Å². The van der Waals surface area contributed by atoms with Crippen molar-refractivity contribution in [1.82, 2.24) is 0 Å². The van der Waals surface area contributed by atoms with E-state index >= 15 is 0 Å². The Hall–Kier alpha value is -1.77. The zero-order valence-corrected chi connectivity index (χ0v) is 23.8. The Kier molecular flexibility index (Phi) is 10.9. The molecule has 0 aromatic heterocycles. The van der Waals surface area contributed by atoms with E-state index in [0.717, 1.165) is 56.9 Å². The minimum absolute atomic E-state index is 0.0440. The number of carbonyl (C=O) groups excluding carboxylic acids is 3. The van der Waals surface area contributed by atoms with E-state index in [-0.39, 0.29) is 35.7 Å². The Morgan fingerprint density at radius 2 is 1.77 bits per heavy atom. The summed E-state index contributed by atoms with van der Waals surface area (Å²) in [6.45, 7) is 16.9. The van der Waals surface area contributed by atoms with Gasteiger partial charge in [0.1, 0.15) is 11.6 Å². The van der Waals surface area contributed by atoms with Gasteiger partial charge in [0.15, 0.2) is 5.78 Å². The Morgan fingerprint density at radius 3 is 2.31 bits per heavy atom. The predicted octanol–water partition coefficient (Wildman–Crippen LogP) is 8.05. The summed E-state index contributed by atoms with van der Waals surface area (Å²) < 4.78 is 0. The first kappa shape index (κ1) is 29.5. The van der Waals surface area contributed by atoms with Crippen LogP contribution in [-0.4, -0.2) is 17.3 Å². The van der Waals surface area contributed by atoms with Crippen LogP contribution in [0.2, 0.25) is 0 Å². The van der Waals surface area contributed by atoms with Crippen LogP contribution in [0.3, 0.4) is 0 Å². The molecule has 3 nitrogen and oxygen atoms in total. The lowest BCUT2D eigenvalue weighted by atomic mass is 9.70. The minimum Gasteiger partial charge on any atom is -0.300 e. The van der Waals surface area contributed by atoms with Crippen molar-refractivity contribution < 1.29 is 14.4 Å². The van der Waals surface area contributed by atoms with Crippen LogP contribution < -0.4 is 0 Å². The van der Waals surface area contributed by atoms with Gasteiger partial charge in [-0.1, -0.05) is 60.5 Å². The van der Waals surface area contributed by atoms with E-state index < -0.39 is 0 Å². The number of benzene rings is 1. The fraction of sp³-hybridized carbons (Fsp3) is 0.719. The van der Waals surface area contributed by atoms with E-state index in [1.807, 2.05) is 0 Å². The molecule has 3 heteroatoms. The molecular formula is C32H50O3. The van der Waals surface area contributed by atoms with E-state index in [1.54, 1.807) is 0 Å². The summed E-state index contributed by atoms with van der Waals surface area (Å²) in [5.74, 6) is 0.784. The van der Waals surface area contributed by atoms with Gasteiger partial charge in [-0.25, -0.2) is 0 Å². The standard InChI is InChI=1S/C32H50O3/c1-9-13-26(27(11-3)29(34)16-21(4)33)17-23-18-28-24(10-2)20-25(14-12-15-32(6,7)8)22(5)31(28)30(35)19-23/h20,23,26-27H,9-19H2,1-8H3. The molecule has 35 heavy (non-hydrogen) atoms. The first-order chi connectivity index (χ1) is 16.4. The van der Waals surface area contributed by atoms with Crippen molar-refractivity contribution in [3.63, 3.8) is 0 Å². The van der Waals surface area contributed by atoms with E-state index in [4.69, 9.17) is 0 Å². The Morgan fingerprint density at radius 1 is 1.09 bits per heavy atom. The molecule has 1 aromatic rings. The molecule has 3 atom stereocenters. The fourth-order valence-corrected chi connectivity index (χ4v) is 6.32. The molecule has 1 aliphatic carbocycles. The van der Waals surface area contributed by atoms with E-state index in [2.05, 4.69) is 54.5 Å². The second kappa shape index (κ2) is 13.0. The van der Waals surface area contributed by atoms with Gasteiger partial charge in [-0.2, -0.15) is 0 Å². The lowest BCUT2D eigenvalue weighted by molar-refractivity contribution is -0.129. The zero-order chi connectivity index (χ0) is 26.3.